The lowest BCUT2D eigenvalue weighted by Crippen LogP contribution is -2.60. The van der Waals surface area contributed by atoms with E-state index in [0.717, 1.165) is 6.07 Å². The molecule has 2 aromatic carbocycles. The van der Waals surface area contributed by atoms with Gasteiger partial charge in [-0.05, 0) is 12.1 Å². The van der Waals surface area contributed by atoms with Crippen molar-refractivity contribution in [1.29, 1.82) is 0 Å². The molecule has 1 fully saturated rings. The zero-order valence-corrected chi connectivity index (χ0v) is 18.3. The molecule has 13 heteroatoms. The molecule has 5 N–H and O–H groups in total. The Bertz CT molecular complexity index is 1530. The van der Waals surface area contributed by atoms with E-state index in [9.17, 15) is 35.1 Å². The van der Waals surface area contributed by atoms with Gasteiger partial charge in [0.1, 0.15) is 24.4 Å². The van der Waals surface area contributed by atoms with Crippen molar-refractivity contribution in [2.45, 2.75) is 30.7 Å². The van der Waals surface area contributed by atoms with E-state index < -0.39 is 54.3 Å². The average Bonchev–Trinajstić information content (AvgIpc) is 2.83. The number of methoxy groups -OCH3 is 2. The second kappa shape index (κ2) is 8.25. The Morgan fingerprint density at radius 3 is 2.00 bits per heavy atom. The van der Waals surface area contributed by atoms with Gasteiger partial charge in [0.15, 0.2) is 22.7 Å². The molecule has 2 aromatic heterocycles. The minimum Gasteiger partial charge on any atom is -0.504 e. The molecule has 35 heavy (non-hydrogen) atoms. The quantitative estimate of drug-likeness (QED) is 0.175. The SMILES string of the molecule is COc1c(O)cc2c(=O)oc3c(OC)c(O[C@H]4O[C@H](CO)[C@@H](O)[C@H](O)[C@H]4O)cc4c(=O)oc1c2c34. The van der Waals surface area contributed by atoms with Crippen LogP contribution < -0.4 is 25.5 Å². The molecule has 0 unspecified atom stereocenters. The molecule has 5 atom stereocenters. The largest absolute Gasteiger partial charge is 0.504 e. The van der Waals surface area contributed by atoms with Crippen LogP contribution >= 0.6 is 0 Å². The fraction of sp³-hybridized carbons (Fsp3) is 0.364. The summed E-state index contributed by atoms with van der Waals surface area (Å²) in [5, 5.41) is 50.1. The lowest BCUT2D eigenvalue weighted by molar-refractivity contribution is -0.277. The molecule has 5 rings (SSSR count). The summed E-state index contributed by atoms with van der Waals surface area (Å²) in [5.41, 5.74) is -2.17. The van der Waals surface area contributed by atoms with Gasteiger partial charge in [0, 0.05) is 10.8 Å². The van der Waals surface area contributed by atoms with Gasteiger partial charge in [-0.25, -0.2) is 9.59 Å². The third-order valence-electron chi connectivity index (χ3n) is 6.00. The summed E-state index contributed by atoms with van der Waals surface area (Å²) >= 11 is 0. The number of rotatable bonds is 5. The van der Waals surface area contributed by atoms with Crippen LogP contribution in [-0.4, -0.2) is 77.1 Å². The molecule has 0 radical (unpaired) electrons. The highest BCUT2D eigenvalue weighted by atomic mass is 16.7. The summed E-state index contributed by atoms with van der Waals surface area (Å²) in [6.07, 6.45) is -7.94. The second-order valence-electron chi connectivity index (χ2n) is 7.93. The smallest absolute Gasteiger partial charge is 0.344 e. The fourth-order valence-corrected chi connectivity index (χ4v) is 4.32. The molecule has 4 aromatic rings. The summed E-state index contributed by atoms with van der Waals surface area (Å²) in [6.45, 7) is -0.685. The molecule has 0 aliphatic carbocycles. The first-order valence-electron chi connectivity index (χ1n) is 10.3. The number of ether oxygens (including phenoxy) is 4. The van der Waals surface area contributed by atoms with Crippen LogP contribution in [-0.2, 0) is 4.74 Å². The van der Waals surface area contributed by atoms with Gasteiger partial charge in [-0.3, -0.25) is 0 Å². The van der Waals surface area contributed by atoms with E-state index in [0.29, 0.717) is 0 Å². The van der Waals surface area contributed by atoms with Crippen molar-refractivity contribution in [2.24, 2.45) is 0 Å². The Hall–Kier alpha value is -3.62. The summed E-state index contributed by atoms with van der Waals surface area (Å²) in [4.78, 5) is 25.7. The van der Waals surface area contributed by atoms with Crippen molar-refractivity contribution in [3.63, 3.8) is 0 Å². The minimum absolute atomic E-state index is 0.0794. The Kier molecular flexibility index (Phi) is 5.45. The van der Waals surface area contributed by atoms with Gasteiger partial charge < -0.3 is 53.3 Å². The average molecular weight is 492 g/mol. The third-order valence-corrected chi connectivity index (χ3v) is 6.00. The van der Waals surface area contributed by atoms with Crippen LogP contribution in [0, 0.1) is 0 Å². The number of phenolic OH excluding ortho intramolecular Hbond substituents is 1. The fourth-order valence-electron chi connectivity index (χ4n) is 4.32. The van der Waals surface area contributed by atoms with E-state index >= 15 is 0 Å². The summed E-state index contributed by atoms with van der Waals surface area (Å²) in [5.74, 6) is -0.989. The van der Waals surface area contributed by atoms with Crippen LogP contribution in [0.4, 0.5) is 0 Å². The highest BCUT2D eigenvalue weighted by Crippen LogP contribution is 2.46. The summed E-state index contributed by atoms with van der Waals surface area (Å²) in [6, 6.07) is 2.32. The molecule has 0 bridgehead atoms. The first-order chi connectivity index (χ1) is 16.7. The van der Waals surface area contributed by atoms with Crippen LogP contribution in [0.25, 0.3) is 32.7 Å². The van der Waals surface area contributed by atoms with E-state index in [4.69, 9.17) is 27.8 Å². The lowest BCUT2D eigenvalue weighted by atomic mass is 9.99. The van der Waals surface area contributed by atoms with Crippen LogP contribution in [0.5, 0.6) is 23.0 Å². The zero-order chi connectivity index (χ0) is 25.2. The molecule has 1 aliphatic heterocycles. The number of benzene rings is 2. The van der Waals surface area contributed by atoms with Crippen molar-refractivity contribution < 1.29 is 53.3 Å². The van der Waals surface area contributed by atoms with Crippen LogP contribution in [0.1, 0.15) is 0 Å². The first kappa shape index (κ1) is 23.1. The van der Waals surface area contributed by atoms with E-state index in [1.54, 1.807) is 0 Å². The maximum Gasteiger partial charge on any atom is 0.344 e. The van der Waals surface area contributed by atoms with Gasteiger partial charge in [0.2, 0.25) is 17.8 Å². The lowest BCUT2D eigenvalue weighted by Gasteiger charge is -2.39. The van der Waals surface area contributed by atoms with Gasteiger partial charge in [0.25, 0.3) is 0 Å². The van der Waals surface area contributed by atoms with Gasteiger partial charge in [-0.1, -0.05) is 0 Å². The first-order valence-corrected chi connectivity index (χ1v) is 10.3. The second-order valence-corrected chi connectivity index (χ2v) is 7.93. The van der Waals surface area contributed by atoms with Crippen molar-refractivity contribution >= 4 is 32.7 Å². The maximum absolute atomic E-state index is 12.9. The molecule has 0 saturated carbocycles. The van der Waals surface area contributed by atoms with Crippen molar-refractivity contribution in [2.75, 3.05) is 20.8 Å². The number of phenols is 1. The molecular weight excluding hydrogens is 472 g/mol. The van der Waals surface area contributed by atoms with Crippen molar-refractivity contribution in [3.05, 3.63) is 33.0 Å². The maximum atomic E-state index is 12.9. The summed E-state index contributed by atoms with van der Waals surface area (Å²) in [7, 11) is 2.49. The standard InChI is InChI=1S/C22H20O13/c1-30-16-8(24)3-6-11-12-7(21(29)34-18(11)16)4-9(17(31-2)19(12)35-20(6)28)32-22-15(27)14(26)13(25)10(5-23)33-22/h3-4,10,13-15,22-27H,5H2,1-2H3/t10-,13-,14+,15-,22+/m1/s1. The zero-order valence-electron chi connectivity index (χ0n) is 18.3. The van der Waals surface area contributed by atoms with Gasteiger partial charge in [-0.2, -0.15) is 0 Å². The Balaban J connectivity index is 1.77. The topological polar surface area (TPSA) is 198 Å². The Labute approximate surface area is 194 Å². The third kappa shape index (κ3) is 3.28. The number of hydrogen-bond donors (Lipinski definition) is 5. The van der Waals surface area contributed by atoms with Gasteiger partial charge in [0.05, 0.1) is 31.6 Å². The summed E-state index contributed by atoms with van der Waals surface area (Å²) < 4.78 is 32.3. The normalized spacial score (nSPS) is 24.9. The molecule has 1 aliphatic rings. The van der Waals surface area contributed by atoms with Crippen LogP contribution in [0.15, 0.2) is 30.6 Å². The number of hydrogen-bond acceptors (Lipinski definition) is 13. The predicted octanol–water partition coefficient (Wildman–Crippen LogP) is -0.608. The van der Waals surface area contributed by atoms with Crippen LogP contribution in [0.2, 0.25) is 0 Å². The highest BCUT2D eigenvalue weighted by molar-refractivity contribution is 6.22. The molecule has 1 saturated heterocycles. The van der Waals surface area contributed by atoms with Gasteiger partial charge in [-0.15, -0.1) is 0 Å². The van der Waals surface area contributed by atoms with Crippen LogP contribution in [0.3, 0.4) is 0 Å². The van der Waals surface area contributed by atoms with E-state index in [2.05, 4.69) is 0 Å². The minimum atomic E-state index is -1.75. The van der Waals surface area contributed by atoms with Gasteiger partial charge >= 0.3 is 11.3 Å². The number of aromatic hydroxyl groups is 1. The molecule has 0 amide bonds. The van der Waals surface area contributed by atoms with E-state index in [1.807, 2.05) is 0 Å². The Morgan fingerprint density at radius 1 is 0.857 bits per heavy atom. The Morgan fingerprint density at radius 2 is 1.43 bits per heavy atom. The molecule has 13 nitrogen and oxygen atoms in total. The monoisotopic (exact) mass is 492 g/mol. The van der Waals surface area contributed by atoms with E-state index in [1.165, 1.54) is 20.3 Å². The van der Waals surface area contributed by atoms with E-state index in [-0.39, 0.29) is 50.0 Å². The predicted molar refractivity (Wildman–Crippen MR) is 116 cm³/mol. The number of aliphatic hydroxyl groups excluding tert-OH is 4. The molecular formula is C22H20O13. The van der Waals surface area contributed by atoms with Crippen molar-refractivity contribution in [3.8, 4) is 23.0 Å². The van der Waals surface area contributed by atoms with Crippen molar-refractivity contribution in [1.82, 2.24) is 0 Å². The molecule has 3 heterocycles. The molecule has 186 valence electrons. The highest BCUT2D eigenvalue weighted by Gasteiger charge is 2.45. The molecule has 0 spiro atoms. The number of aliphatic hydroxyl groups is 4.